The Hall–Kier alpha value is -3.07. The number of hydrogen-bond acceptors (Lipinski definition) is 7. The van der Waals surface area contributed by atoms with E-state index in [9.17, 15) is 0 Å². The molecule has 7 nitrogen and oxygen atoms in total. The fourth-order valence-electron chi connectivity index (χ4n) is 6.02. The van der Waals surface area contributed by atoms with Gasteiger partial charge in [-0.3, -0.25) is 9.30 Å². The van der Waals surface area contributed by atoms with Gasteiger partial charge in [0.25, 0.3) is 0 Å². The van der Waals surface area contributed by atoms with E-state index in [-0.39, 0.29) is 5.41 Å². The van der Waals surface area contributed by atoms with Gasteiger partial charge in [-0.2, -0.15) is 0 Å². The highest BCUT2D eigenvalue weighted by Gasteiger charge is 2.28. The maximum absolute atomic E-state index is 5.57. The van der Waals surface area contributed by atoms with Crippen molar-refractivity contribution in [2.24, 2.45) is 0 Å². The fraction of sp³-hybridized carbons (Fsp3) is 0.452. The van der Waals surface area contributed by atoms with Crippen LogP contribution in [0.15, 0.2) is 53.2 Å². The Morgan fingerprint density at radius 3 is 2.28 bits per heavy atom. The van der Waals surface area contributed by atoms with E-state index in [4.69, 9.17) is 19.2 Å². The van der Waals surface area contributed by atoms with E-state index in [0.717, 1.165) is 69.9 Å². The number of hydrogen-bond donors (Lipinski definition) is 0. The number of ether oxygens (including phenoxy) is 1. The van der Waals surface area contributed by atoms with Crippen LogP contribution in [0.5, 0.6) is 0 Å². The quantitative estimate of drug-likeness (QED) is 0.246. The Morgan fingerprint density at radius 1 is 0.872 bits per heavy atom. The summed E-state index contributed by atoms with van der Waals surface area (Å²) in [6.45, 7) is 10.3. The highest BCUT2D eigenvalue weighted by Crippen LogP contribution is 2.37. The van der Waals surface area contributed by atoms with E-state index in [2.05, 4.69) is 77.8 Å². The van der Waals surface area contributed by atoms with E-state index < -0.39 is 0 Å². The predicted octanol–water partition coefficient (Wildman–Crippen LogP) is 6.92. The van der Waals surface area contributed by atoms with Crippen molar-refractivity contribution in [2.45, 2.75) is 63.8 Å². The molecule has 1 aromatic carbocycles. The zero-order chi connectivity index (χ0) is 26.6. The average molecular weight is 542 g/mol. The van der Waals surface area contributed by atoms with Crippen molar-refractivity contribution >= 4 is 26.6 Å². The van der Waals surface area contributed by atoms with Crippen molar-refractivity contribution in [3.05, 3.63) is 60.1 Å². The van der Waals surface area contributed by atoms with Crippen molar-refractivity contribution in [3.63, 3.8) is 0 Å². The second-order valence-electron chi connectivity index (χ2n) is 12.0. The lowest BCUT2D eigenvalue weighted by Gasteiger charge is -2.38. The van der Waals surface area contributed by atoms with Crippen molar-refractivity contribution in [2.75, 3.05) is 26.3 Å². The van der Waals surface area contributed by atoms with Crippen LogP contribution in [0.2, 0.25) is 0 Å². The first-order chi connectivity index (χ1) is 18.9. The molecule has 1 aliphatic heterocycles. The van der Waals surface area contributed by atoms with Crippen molar-refractivity contribution in [1.82, 2.24) is 24.4 Å². The summed E-state index contributed by atoms with van der Waals surface area (Å²) in [6.07, 6.45) is 7.08. The molecule has 0 bridgehead atoms. The van der Waals surface area contributed by atoms with Gasteiger partial charge < -0.3 is 9.26 Å². The molecule has 2 aliphatic rings. The molecular formula is C31H35N5O2S. The molecule has 1 saturated carbocycles. The molecular weight excluding hydrogens is 506 g/mol. The Balaban J connectivity index is 1.07. The van der Waals surface area contributed by atoms with Crippen LogP contribution < -0.4 is 0 Å². The minimum Gasteiger partial charge on any atom is -0.379 e. The Bertz CT molecular complexity index is 1600. The topological polar surface area (TPSA) is 68.7 Å². The molecule has 0 radical (unpaired) electrons. The third-order valence-electron chi connectivity index (χ3n) is 8.39. The zero-order valence-corrected chi connectivity index (χ0v) is 23.7. The lowest BCUT2D eigenvalue weighted by atomic mass is 9.83. The van der Waals surface area contributed by atoms with Gasteiger partial charge in [0.1, 0.15) is 16.3 Å². The first kappa shape index (κ1) is 24.9. The van der Waals surface area contributed by atoms with Crippen molar-refractivity contribution in [1.29, 1.82) is 0 Å². The number of nitrogens with zero attached hydrogens (tertiary/aromatic N) is 5. The van der Waals surface area contributed by atoms with Crippen LogP contribution in [0.4, 0.5) is 0 Å². The van der Waals surface area contributed by atoms with Crippen LogP contribution in [0.3, 0.4) is 0 Å². The molecule has 0 N–H and O–H groups in total. The molecule has 1 saturated heterocycles. The predicted molar refractivity (Wildman–Crippen MR) is 155 cm³/mol. The third-order valence-corrected chi connectivity index (χ3v) is 9.35. The Morgan fingerprint density at radius 2 is 1.59 bits per heavy atom. The highest BCUT2D eigenvalue weighted by molar-refractivity contribution is 7.23. The summed E-state index contributed by atoms with van der Waals surface area (Å²) in [5, 5.41) is 4.27. The van der Waals surface area contributed by atoms with Crippen LogP contribution in [0, 0.1) is 0 Å². The Labute approximate surface area is 232 Å². The molecule has 4 aromatic heterocycles. The standard InChI is InChI=1S/C31H35N5O2S/c1-31(2,3)28-18-25(34-38-28)21-4-6-22(7-5-21)26-19-36-27-13-12-24(32-29(27)39-30(36)33-26)20-8-10-23(11-9-20)35-14-16-37-17-15-35/h4-7,12-13,18-20,23H,8-11,14-17H2,1-3H3. The molecule has 8 heteroatoms. The van der Waals surface area contributed by atoms with Gasteiger partial charge in [0.15, 0.2) is 4.96 Å². The fourth-order valence-corrected chi connectivity index (χ4v) is 7.01. The van der Waals surface area contributed by atoms with Gasteiger partial charge in [-0.25, -0.2) is 9.97 Å². The summed E-state index contributed by atoms with van der Waals surface area (Å²) in [6, 6.07) is 15.6. The lowest BCUT2D eigenvalue weighted by molar-refractivity contribution is 0.00721. The summed E-state index contributed by atoms with van der Waals surface area (Å²) in [7, 11) is 0. The smallest absolute Gasteiger partial charge is 0.196 e. The number of pyridine rings is 1. The largest absolute Gasteiger partial charge is 0.379 e. The molecule has 7 rings (SSSR count). The molecule has 5 heterocycles. The SMILES string of the molecule is CC(C)(C)c1cc(-c2ccc(-c3cn4c(n3)sc3nc(C5CCC(N6CCOCC6)CC5)ccc34)cc2)no1. The van der Waals surface area contributed by atoms with E-state index in [1.165, 1.54) is 31.4 Å². The molecule has 0 atom stereocenters. The van der Waals surface area contributed by atoms with Crippen LogP contribution in [-0.4, -0.2) is 56.8 Å². The third kappa shape index (κ3) is 4.79. The molecule has 0 amide bonds. The van der Waals surface area contributed by atoms with Crippen LogP contribution in [0.1, 0.15) is 63.8 Å². The number of imidazole rings is 1. The van der Waals surface area contributed by atoms with Gasteiger partial charge in [0.05, 0.1) is 24.4 Å². The maximum Gasteiger partial charge on any atom is 0.196 e. The molecule has 5 aromatic rings. The zero-order valence-electron chi connectivity index (χ0n) is 22.9. The maximum atomic E-state index is 5.57. The second kappa shape index (κ2) is 9.84. The average Bonchev–Trinajstić information content (AvgIpc) is 3.69. The molecule has 2 fully saturated rings. The summed E-state index contributed by atoms with van der Waals surface area (Å²) < 4.78 is 13.3. The first-order valence-electron chi connectivity index (χ1n) is 14.1. The van der Waals surface area contributed by atoms with E-state index in [0.29, 0.717) is 12.0 Å². The number of benzene rings is 1. The van der Waals surface area contributed by atoms with Gasteiger partial charge in [-0.1, -0.05) is 61.5 Å². The molecule has 39 heavy (non-hydrogen) atoms. The normalized spacial score (nSPS) is 21.2. The van der Waals surface area contributed by atoms with E-state index in [1.807, 2.05) is 6.07 Å². The monoisotopic (exact) mass is 541 g/mol. The minimum absolute atomic E-state index is 0.0612. The summed E-state index contributed by atoms with van der Waals surface area (Å²) in [4.78, 5) is 14.8. The minimum atomic E-state index is -0.0612. The van der Waals surface area contributed by atoms with E-state index in [1.54, 1.807) is 11.3 Å². The van der Waals surface area contributed by atoms with Crippen LogP contribution in [0.25, 0.3) is 37.8 Å². The van der Waals surface area contributed by atoms with Gasteiger partial charge in [-0.15, -0.1) is 0 Å². The van der Waals surface area contributed by atoms with E-state index >= 15 is 0 Å². The summed E-state index contributed by atoms with van der Waals surface area (Å²) in [5.74, 6) is 1.44. The van der Waals surface area contributed by atoms with Gasteiger partial charge in [0.2, 0.25) is 0 Å². The number of aromatic nitrogens is 4. The van der Waals surface area contributed by atoms with Gasteiger partial charge in [0, 0.05) is 59.5 Å². The number of rotatable bonds is 4. The summed E-state index contributed by atoms with van der Waals surface area (Å²) >= 11 is 1.68. The number of fused-ring (bicyclic) bond motifs is 3. The van der Waals surface area contributed by atoms with Crippen LogP contribution in [-0.2, 0) is 10.2 Å². The molecule has 1 aliphatic carbocycles. The van der Waals surface area contributed by atoms with Gasteiger partial charge in [-0.05, 0) is 37.8 Å². The summed E-state index contributed by atoms with van der Waals surface area (Å²) in [5.41, 5.74) is 6.27. The second-order valence-corrected chi connectivity index (χ2v) is 13.0. The molecule has 0 unspecified atom stereocenters. The Kier molecular flexibility index (Phi) is 6.29. The van der Waals surface area contributed by atoms with Crippen molar-refractivity contribution in [3.8, 4) is 22.5 Å². The van der Waals surface area contributed by atoms with Crippen molar-refractivity contribution < 1.29 is 9.26 Å². The highest BCUT2D eigenvalue weighted by atomic mass is 32.1. The first-order valence-corrected chi connectivity index (χ1v) is 14.9. The van der Waals surface area contributed by atoms with Gasteiger partial charge >= 0.3 is 0 Å². The number of morpholine rings is 1. The number of thiazole rings is 1. The molecule has 202 valence electrons. The van der Waals surface area contributed by atoms with Crippen LogP contribution >= 0.6 is 11.3 Å². The molecule has 0 spiro atoms. The lowest BCUT2D eigenvalue weighted by Crippen LogP contribution is -2.44.